The zero-order valence-electron chi connectivity index (χ0n) is 10.6. The van der Waals surface area contributed by atoms with Gasteiger partial charge in [0.1, 0.15) is 0 Å². The summed E-state index contributed by atoms with van der Waals surface area (Å²) in [6, 6.07) is 0.757. The number of hydrogen-bond donors (Lipinski definition) is 1. The van der Waals surface area contributed by atoms with Crippen LogP contribution in [0, 0.1) is 11.3 Å². The van der Waals surface area contributed by atoms with Gasteiger partial charge in [-0.05, 0) is 25.7 Å². The molecule has 3 nitrogen and oxygen atoms in total. The summed E-state index contributed by atoms with van der Waals surface area (Å²) in [5.74, 6) is 0.658. The van der Waals surface area contributed by atoms with Crippen LogP contribution >= 0.6 is 12.4 Å². The summed E-state index contributed by atoms with van der Waals surface area (Å²) < 4.78 is 0. The van der Waals surface area contributed by atoms with Crippen LogP contribution in [0.1, 0.15) is 34.1 Å². The number of rotatable bonds is 1. The Kier molecular flexibility index (Phi) is 3.91. The van der Waals surface area contributed by atoms with Crippen molar-refractivity contribution in [2.24, 2.45) is 11.3 Å². The summed E-state index contributed by atoms with van der Waals surface area (Å²) in [5, 5.41) is 3.40. The number of carbonyl (C=O) groups excluding carboxylic acids is 1. The minimum absolute atomic E-state index is 0. The lowest BCUT2D eigenvalue weighted by Gasteiger charge is -2.39. The van der Waals surface area contributed by atoms with Gasteiger partial charge in [0.25, 0.3) is 0 Å². The van der Waals surface area contributed by atoms with Crippen LogP contribution in [-0.4, -0.2) is 36.0 Å². The highest BCUT2D eigenvalue weighted by atomic mass is 35.5. The van der Waals surface area contributed by atoms with Gasteiger partial charge in [-0.15, -0.1) is 12.4 Å². The van der Waals surface area contributed by atoms with Crippen LogP contribution < -0.4 is 5.32 Å². The largest absolute Gasteiger partial charge is 0.337 e. The summed E-state index contributed by atoms with van der Waals surface area (Å²) in [4.78, 5) is 14.3. The average molecular weight is 247 g/mol. The van der Waals surface area contributed by atoms with Gasteiger partial charge in [0.2, 0.25) is 5.91 Å². The molecule has 1 aliphatic carbocycles. The highest BCUT2D eigenvalue weighted by Gasteiger charge is 2.52. The summed E-state index contributed by atoms with van der Waals surface area (Å²) in [6.45, 7) is 10.5. The lowest BCUT2D eigenvalue weighted by molar-refractivity contribution is -0.137. The molecule has 2 rings (SSSR count). The highest BCUT2D eigenvalue weighted by Crippen LogP contribution is 2.52. The summed E-state index contributed by atoms with van der Waals surface area (Å²) in [7, 11) is 0. The van der Waals surface area contributed by atoms with Crippen LogP contribution in [0.4, 0.5) is 0 Å². The maximum atomic E-state index is 12.2. The van der Waals surface area contributed by atoms with Gasteiger partial charge in [-0.2, -0.15) is 0 Å². The Labute approximate surface area is 104 Å². The predicted octanol–water partition coefficient (Wildman–Crippen LogP) is 1.66. The standard InChI is InChI=1S/C12H22N2O.ClH/c1-8-9(2)14(6-5-13-8)11(15)10-7-12(10,3)4;/h8-10,13H,5-7H2,1-4H3;1H. The number of nitrogens with one attached hydrogen (secondary N) is 1. The van der Waals surface area contributed by atoms with Crippen molar-refractivity contribution in [1.29, 1.82) is 0 Å². The molecule has 0 aromatic carbocycles. The molecule has 0 aromatic rings. The number of amides is 1. The molecular formula is C12H23ClN2O. The molecule has 0 spiro atoms. The van der Waals surface area contributed by atoms with E-state index in [0.29, 0.717) is 18.0 Å². The number of piperazine rings is 1. The summed E-state index contributed by atoms with van der Waals surface area (Å²) >= 11 is 0. The fourth-order valence-electron chi connectivity index (χ4n) is 2.46. The minimum atomic E-state index is 0. The van der Waals surface area contributed by atoms with E-state index in [4.69, 9.17) is 0 Å². The predicted molar refractivity (Wildman–Crippen MR) is 67.8 cm³/mol. The van der Waals surface area contributed by atoms with E-state index >= 15 is 0 Å². The maximum absolute atomic E-state index is 12.2. The van der Waals surface area contributed by atoms with Crippen LogP contribution in [0.25, 0.3) is 0 Å². The van der Waals surface area contributed by atoms with Gasteiger partial charge in [-0.25, -0.2) is 0 Å². The molecule has 2 aliphatic rings. The molecule has 1 saturated heterocycles. The average Bonchev–Trinajstić information content (AvgIpc) is 2.79. The lowest BCUT2D eigenvalue weighted by Crippen LogP contribution is -2.57. The van der Waals surface area contributed by atoms with E-state index in [-0.39, 0.29) is 23.7 Å². The molecule has 1 aliphatic heterocycles. The third-order valence-corrected chi connectivity index (χ3v) is 4.13. The molecule has 0 aromatic heterocycles. The van der Waals surface area contributed by atoms with Gasteiger partial charge < -0.3 is 10.2 Å². The number of halogens is 1. The summed E-state index contributed by atoms with van der Waals surface area (Å²) in [5.41, 5.74) is 0.255. The Morgan fingerprint density at radius 2 is 1.94 bits per heavy atom. The van der Waals surface area contributed by atoms with E-state index in [1.165, 1.54) is 0 Å². The molecule has 0 radical (unpaired) electrons. The molecule has 3 unspecified atom stereocenters. The molecule has 94 valence electrons. The van der Waals surface area contributed by atoms with Gasteiger partial charge in [-0.3, -0.25) is 4.79 Å². The first-order chi connectivity index (χ1) is 6.93. The molecule has 4 heteroatoms. The second-order valence-electron chi connectivity index (χ2n) is 5.76. The van der Waals surface area contributed by atoms with Crippen molar-refractivity contribution in [3.63, 3.8) is 0 Å². The van der Waals surface area contributed by atoms with Gasteiger partial charge in [-0.1, -0.05) is 13.8 Å². The first-order valence-corrected chi connectivity index (χ1v) is 5.97. The van der Waals surface area contributed by atoms with Crippen LogP contribution in [0.2, 0.25) is 0 Å². The molecule has 3 atom stereocenters. The normalized spacial score (nSPS) is 36.5. The minimum Gasteiger partial charge on any atom is -0.337 e. The van der Waals surface area contributed by atoms with E-state index in [2.05, 4.69) is 37.9 Å². The van der Waals surface area contributed by atoms with Crippen molar-refractivity contribution >= 4 is 18.3 Å². The quantitative estimate of drug-likeness (QED) is 0.763. The van der Waals surface area contributed by atoms with Crippen molar-refractivity contribution in [3.8, 4) is 0 Å². The van der Waals surface area contributed by atoms with Crippen molar-refractivity contribution < 1.29 is 4.79 Å². The van der Waals surface area contributed by atoms with Crippen molar-refractivity contribution in [2.75, 3.05) is 13.1 Å². The monoisotopic (exact) mass is 246 g/mol. The molecule has 0 bridgehead atoms. The Balaban J connectivity index is 0.00000128. The topological polar surface area (TPSA) is 32.3 Å². The van der Waals surface area contributed by atoms with Crippen molar-refractivity contribution in [1.82, 2.24) is 10.2 Å². The van der Waals surface area contributed by atoms with E-state index in [1.807, 2.05) is 0 Å². The van der Waals surface area contributed by atoms with Gasteiger partial charge in [0.05, 0.1) is 0 Å². The fourth-order valence-corrected chi connectivity index (χ4v) is 2.46. The second kappa shape index (κ2) is 4.53. The molecule has 1 saturated carbocycles. The van der Waals surface area contributed by atoms with E-state index in [9.17, 15) is 4.79 Å². The number of nitrogens with zero attached hydrogens (tertiary/aromatic N) is 1. The van der Waals surface area contributed by atoms with Gasteiger partial charge in [0, 0.05) is 31.1 Å². The number of carbonyl (C=O) groups is 1. The molecule has 1 heterocycles. The Bertz CT molecular complexity index is 280. The van der Waals surface area contributed by atoms with Crippen molar-refractivity contribution in [2.45, 2.75) is 46.2 Å². The van der Waals surface area contributed by atoms with E-state index in [0.717, 1.165) is 19.5 Å². The SMILES string of the molecule is CC1NCCN(C(=O)C2CC2(C)C)C1C.Cl. The Morgan fingerprint density at radius 1 is 1.38 bits per heavy atom. The smallest absolute Gasteiger partial charge is 0.226 e. The molecule has 1 N–H and O–H groups in total. The highest BCUT2D eigenvalue weighted by molar-refractivity contribution is 5.85. The Hall–Kier alpha value is -0.280. The molecule has 16 heavy (non-hydrogen) atoms. The third-order valence-electron chi connectivity index (χ3n) is 4.13. The molecule has 1 amide bonds. The maximum Gasteiger partial charge on any atom is 0.226 e. The molecular weight excluding hydrogens is 224 g/mol. The zero-order chi connectivity index (χ0) is 11.2. The fraction of sp³-hybridized carbons (Fsp3) is 0.917. The van der Waals surface area contributed by atoms with Crippen LogP contribution in [-0.2, 0) is 4.79 Å². The van der Waals surface area contributed by atoms with E-state index in [1.54, 1.807) is 0 Å². The van der Waals surface area contributed by atoms with Crippen LogP contribution in [0.5, 0.6) is 0 Å². The van der Waals surface area contributed by atoms with Crippen LogP contribution in [0.15, 0.2) is 0 Å². The van der Waals surface area contributed by atoms with E-state index < -0.39 is 0 Å². The lowest BCUT2D eigenvalue weighted by atomic mass is 10.0. The summed E-state index contributed by atoms with van der Waals surface area (Å²) in [6.07, 6.45) is 1.07. The number of hydrogen-bond acceptors (Lipinski definition) is 2. The van der Waals surface area contributed by atoms with Gasteiger partial charge >= 0.3 is 0 Å². The zero-order valence-corrected chi connectivity index (χ0v) is 11.4. The van der Waals surface area contributed by atoms with Crippen molar-refractivity contribution in [3.05, 3.63) is 0 Å². The molecule has 2 fully saturated rings. The first-order valence-electron chi connectivity index (χ1n) is 5.97. The van der Waals surface area contributed by atoms with Crippen LogP contribution in [0.3, 0.4) is 0 Å². The second-order valence-corrected chi connectivity index (χ2v) is 5.76. The first kappa shape index (κ1) is 13.8. The third kappa shape index (κ3) is 2.35. The van der Waals surface area contributed by atoms with Gasteiger partial charge in [0.15, 0.2) is 0 Å². The Morgan fingerprint density at radius 3 is 2.44 bits per heavy atom.